The summed E-state index contributed by atoms with van der Waals surface area (Å²) in [5, 5.41) is 8.28. The van der Waals surface area contributed by atoms with Gasteiger partial charge in [0, 0.05) is 6.20 Å². The van der Waals surface area contributed by atoms with Crippen LogP contribution in [0.2, 0.25) is 0 Å². The van der Waals surface area contributed by atoms with Crippen LogP contribution in [0, 0.1) is 11.8 Å². The highest BCUT2D eigenvalue weighted by Crippen LogP contribution is 2.14. The Bertz CT molecular complexity index is 274. The number of hydrogen-bond acceptors (Lipinski definition) is 2. The van der Waals surface area contributed by atoms with Crippen molar-refractivity contribution in [2.24, 2.45) is 11.8 Å². The van der Waals surface area contributed by atoms with Gasteiger partial charge in [-0.2, -0.15) is 10.2 Å². The summed E-state index contributed by atoms with van der Waals surface area (Å²) in [6, 6.07) is 2.13. The Morgan fingerprint density at radius 2 is 1.62 bits per heavy atom. The Hall–Kier alpha value is -0.920. The second kappa shape index (κ2) is 6.62. The van der Waals surface area contributed by atoms with Gasteiger partial charge in [-0.25, -0.2) is 0 Å². The lowest BCUT2D eigenvalue weighted by atomic mass is 9.98. The van der Waals surface area contributed by atoms with Crippen molar-refractivity contribution in [1.82, 2.24) is 10.2 Å². The molecule has 16 heavy (non-hydrogen) atoms. The van der Waals surface area contributed by atoms with Crippen LogP contribution in [0.25, 0.3) is 0 Å². The van der Waals surface area contributed by atoms with E-state index in [0.29, 0.717) is 0 Å². The Kier molecular flexibility index (Phi) is 5.44. The van der Waals surface area contributed by atoms with Crippen molar-refractivity contribution in [2.45, 2.75) is 53.4 Å². The summed E-state index contributed by atoms with van der Waals surface area (Å²) in [6.45, 7) is 9.04. The lowest BCUT2D eigenvalue weighted by Crippen LogP contribution is -2.03. The Morgan fingerprint density at radius 3 is 2.25 bits per heavy atom. The van der Waals surface area contributed by atoms with Crippen LogP contribution in [0.5, 0.6) is 0 Å². The third-order valence-corrected chi connectivity index (χ3v) is 2.84. The van der Waals surface area contributed by atoms with Crippen molar-refractivity contribution >= 4 is 0 Å². The molecule has 0 radical (unpaired) electrons. The van der Waals surface area contributed by atoms with Crippen LogP contribution in [-0.2, 0) is 12.8 Å². The molecule has 0 unspecified atom stereocenters. The predicted octanol–water partition coefficient (Wildman–Crippen LogP) is 3.65. The fourth-order valence-corrected chi connectivity index (χ4v) is 1.69. The quantitative estimate of drug-likeness (QED) is 0.731. The Morgan fingerprint density at radius 1 is 1.00 bits per heavy atom. The van der Waals surface area contributed by atoms with E-state index in [4.69, 9.17) is 0 Å². The van der Waals surface area contributed by atoms with E-state index in [-0.39, 0.29) is 0 Å². The van der Waals surface area contributed by atoms with E-state index in [9.17, 15) is 0 Å². The number of hydrogen-bond donors (Lipinski definition) is 0. The van der Waals surface area contributed by atoms with Crippen LogP contribution >= 0.6 is 0 Å². The highest BCUT2D eigenvalue weighted by atomic mass is 15.1. The second-order valence-electron chi connectivity index (χ2n) is 5.37. The van der Waals surface area contributed by atoms with Crippen LogP contribution in [0.3, 0.4) is 0 Å². The van der Waals surface area contributed by atoms with Gasteiger partial charge in [0.15, 0.2) is 0 Å². The van der Waals surface area contributed by atoms with Gasteiger partial charge in [0.25, 0.3) is 0 Å². The van der Waals surface area contributed by atoms with Crippen LogP contribution in [0.4, 0.5) is 0 Å². The summed E-state index contributed by atoms with van der Waals surface area (Å²) < 4.78 is 0. The molecule has 0 fully saturated rings. The molecule has 0 bridgehead atoms. The Labute approximate surface area is 99.5 Å². The topological polar surface area (TPSA) is 25.8 Å². The van der Waals surface area contributed by atoms with Gasteiger partial charge in [0.1, 0.15) is 0 Å². The molecule has 0 aliphatic rings. The fraction of sp³-hybridized carbons (Fsp3) is 0.714. The van der Waals surface area contributed by atoms with E-state index in [1.54, 1.807) is 0 Å². The van der Waals surface area contributed by atoms with Gasteiger partial charge in [-0.05, 0) is 49.1 Å². The minimum Gasteiger partial charge on any atom is -0.159 e. The summed E-state index contributed by atoms with van der Waals surface area (Å²) in [5.74, 6) is 1.49. The van der Waals surface area contributed by atoms with Gasteiger partial charge in [0.05, 0.1) is 5.69 Å². The van der Waals surface area contributed by atoms with Crippen molar-refractivity contribution in [3.8, 4) is 0 Å². The molecule has 0 saturated carbocycles. The van der Waals surface area contributed by atoms with Crippen molar-refractivity contribution < 1.29 is 0 Å². The molecule has 0 atom stereocenters. The van der Waals surface area contributed by atoms with Crippen molar-refractivity contribution in [3.05, 3.63) is 23.5 Å². The molecule has 1 rings (SSSR count). The zero-order valence-corrected chi connectivity index (χ0v) is 11.0. The maximum atomic E-state index is 4.28. The SMILES string of the molecule is CC(C)CCc1ccnnc1CCC(C)C. The molecule has 0 spiro atoms. The molecule has 1 aromatic heterocycles. The molecule has 90 valence electrons. The van der Waals surface area contributed by atoms with Crippen LogP contribution in [0.1, 0.15) is 51.8 Å². The summed E-state index contributed by atoms with van der Waals surface area (Å²) in [7, 11) is 0. The van der Waals surface area contributed by atoms with E-state index in [2.05, 4.69) is 44.0 Å². The smallest absolute Gasteiger partial charge is 0.0663 e. The first-order valence-corrected chi connectivity index (χ1v) is 6.39. The zero-order chi connectivity index (χ0) is 12.0. The van der Waals surface area contributed by atoms with Gasteiger partial charge in [-0.15, -0.1) is 0 Å². The van der Waals surface area contributed by atoms with E-state index < -0.39 is 0 Å². The molecular formula is C14H24N2. The van der Waals surface area contributed by atoms with E-state index in [0.717, 1.165) is 24.7 Å². The highest BCUT2D eigenvalue weighted by Gasteiger charge is 2.06. The summed E-state index contributed by atoms with van der Waals surface area (Å²) >= 11 is 0. The molecule has 0 aliphatic heterocycles. The zero-order valence-electron chi connectivity index (χ0n) is 11.0. The van der Waals surface area contributed by atoms with E-state index >= 15 is 0 Å². The molecule has 1 aromatic rings. The maximum Gasteiger partial charge on any atom is 0.0663 e. The number of aromatic nitrogens is 2. The van der Waals surface area contributed by atoms with Crippen LogP contribution in [-0.4, -0.2) is 10.2 Å². The highest BCUT2D eigenvalue weighted by molar-refractivity contribution is 5.17. The number of rotatable bonds is 6. The predicted molar refractivity (Wildman–Crippen MR) is 68.4 cm³/mol. The van der Waals surface area contributed by atoms with Crippen molar-refractivity contribution in [1.29, 1.82) is 0 Å². The largest absolute Gasteiger partial charge is 0.159 e. The minimum atomic E-state index is 0.736. The molecule has 0 aliphatic carbocycles. The number of nitrogens with zero attached hydrogens (tertiary/aromatic N) is 2. The average Bonchev–Trinajstić information content (AvgIpc) is 2.24. The van der Waals surface area contributed by atoms with Gasteiger partial charge in [0.2, 0.25) is 0 Å². The monoisotopic (exact) mass is 220 g/mol. The second-order valence-corrected chi connectivity index (χ2v) is 5.37. The maximum absolute atomic E-state index is 4.28. The fourth-order valence-electron chi connectivity index (χ4n) is 1.69. The van der Waals surface area contributed by atoms with E-state index in [1.807, 2.05) is 6.20 Å². The molecule has 2 heteroatoms. The molecule has 0 saturated heterocycles. The van der Waals surface area contributed by atoms with Gasteiger partial charge < -0.3 is 0 Å². The van der Waals surface area contributed by atoms with Gasteiger partial charge in [-0.1, -0.05) is 27.7 Å². The molecular weight excluding hydrogens is 196 g/mol. The summed E-state index contributed by atoms with van der Waals surface area (Å²) in [5.41, 5.74) is 2.60. The molecule has 0 aromatic carbocycles. The standard InChI is InChI=1S/C14H24N2/c1-11(2)5-7-13-9-10-15-16-14(13)8-6-12(3)4/h9-12H,5-8H2,1-4H3. The lowest BCUT2D eigenvalue weighted by molar-refractivity contribution is 0.562. The molecule has 0 amide bonds. The summed E-state index contributed by atoms with van der Waals surface area (Å²) in [6.07, 6.45) is 6.46. The van der Waals surface area contributed by atoms with Crippen LogP contribution < -0.4 is 0 Å². The minimum absolute atomic E-state index is 0.736. The average molecular weight is 220 g/mol. The first kappa shape index (κ1) is 13.1. The van der Waals surface area contributed by atoms with Crippen molar-refractivity contribution in [3.63, 3.8) is 0 Å². The normalized spacial score (nSPS) is 11.4. The summed E-state index contributed by atoms with van der Waals surface area (Å²) in [4.78, 5) is 0. The van der Waals surface area contributed by atoms with Gasteiger partial charge in [-0.3, -0.25) is 0 Å². The lowest BCUT2D eigenvalue weighted by Gasteiger charge is -2.10. The molecule has 1 heterocycles. The first-order valence-electron chi connectivity index (χ1n) is 6.39. The first-order chi connectivity index (χ1) is 7.59. The third-order valence-electron chi connectivity index (χ3n) is 2.84. The number of aryl methyl sites for hydroxylation is 2. The van der Waals surface area contributed by atoms with Crippen molar-refractivity contribution in [2.75, 3.05) is 0 Å². The molecule has 2 nitrogen and oxygen atoms in total. The Balaban J connectivity index is 2.60. The molecule has 0 N–H and O–H groups in total. The van der Waals surface area contributed by atoms with Gasteiger partial charge >= 0.3 is 0 Å². The van der Waals surface area contributed by atoms with E-state index in [1.165, 1.54) is 24.1 Å². The third kappa shape index (κ3) is 4.73. The van der Waals surface area contributed by atoms with Crippen LogP contribution in [0.15, 0.2) is 12.3 Å².